The summed E-state index contributed by atoms with van der Waals surface area (Å²) in [5, 5.41) is 6.83. The number of carbonyl (C=O) groups is 1. The number of fused-ring (bicyclic) bond motifs is 3. The average molecular weight is 521 g/mol. The average Bonchev–Trinajstić information content (AvgIpc) is 3.46. The first-order valence-corrected chi connectivity index (χ1v) is 13.9. The number of imidazole rings is 1. The first-order valence-electron chi connectivity index (χ1n) is 11.2. The summed E-state index contributed by atoms with van der Waals surface area (Å²) in [6.07, 6.45) is 2.84. The highest BCUT2D eigenvalue weighted by molar-refractivity contribution is 7.90. The molecule has 3 heterocycles. The maximum atomic E-state index is 13.0. The van der Waals surface area contributed by atoms with Crippen molar-refractivity contribution in [2.24, 2.45) is 7.05 Å². The van der Waals surface area contributed by atoms with Crippen molar-refractivity contribution in [2.45, 2.75) is 17.9 Å². The second-order valence-electron chi connectivity index (χ2n) is 8.52. The van der Waals surface area contributed by atoms with Gasteiger partial charge in [0.1, 0.15) is 26.4 Å². The van der Waals surface area contributed by atoms with Crippen LogP contribution in [0.25, 0.3) is 32.0 Å². The Morgan fingerprint density at radius 1 is 1.08 bits per heavy atom. The molecule has 3 aromatic heterocycles. The standard InChI is InChI=1S/C25H24N6O3S2/c1-14(28-23(32)17-10-5-6-11-18(17)36(4,33)34)15-8-7-9-16(12-15)24-29-20-21-19(27-13-31(21)3)22(26-2)30-25(20)35-24/h5-14H,1-4H3,(H,26,30)(H,28,32)/t14-/m1/s1. The van der Waals surface area contributed by atoms with Crippen molar-refractivity contribution in [1.29, 1.82) is 0 Å². The number of benzene rings is 2. The second kappa shape index (κ2) is 8.99. The summed E-state index contributed by atoms with van der Waals surface area (Å²) in [5.74, 6) is 0.254. The number of anilines is 1. The van der Waals surface area contributed by atoms with Gasteiger partial charge in [0.2, 0.25) is 0 Å². The maximum absolute atomic E-state index is 13.0. The Kier molecular flexibility index (Phi) is 5.97. The summed E-state index contributed by atoms with van der Waals surface area (Å²) >= 11 is 1.49. The molecule has 0 radical (unpaired) electrons. The van der Waals surface area contributed by atoms with Crippen LogP contribution in [0.1, 0.15) is 28.9 Å². The molecule has 11 heteroatoms. The van der Waals surface area contributed by atoms with Crippen LogP contribution in [-0.2, 0) is 16.9 Å². The number of aryl methyl sites for hydroxylation is 1. The van der Waals surface area contributed by atoms with Crippen molar-refractivity contribution in [1.82, 2.24) is 24.8 Å². The minimum Gasteiger partial charge on any atom is -0.371 e. The molecule has 0 saturated heterocycles. The SMILES string of the molecule is CNc1nc2sc(-c3cccc([C@@H](C)NC(=O)c4ccccc4S(C)(=O)=O)c3)nc2c2c1ncn2C. The lowest BCUT2D eigenvalue weighted by Gasteiger charge is -2.16. The molecule has 0 saturated carbocycles. The number of hydrogen-bond donors (Lipinski definition) is 2. The molecule has 2 N–H and O–H groups in total. The molecule has 0 aliphatic heterocycles. The van der Waals surface area contributed by atoms with E-state index in [-0.39, 0.29) is 16.5 Å². The minimum atomic E-state index is -3.54. The van der Waals surface area contributed by atoms with Crippen molar-refractivity contribution in [3.05, 3.63) is 66.0 Å². The number of amides is 1. The largest absolute Gasteiger partial charge is 0.371 e. The molecule has 0 fully saturated rings. The molecule has 0 spiro atoms. The van der Waals surface area contributed by atoms with E-state index in [4.69, 9.17) is 9.97 Å². The molecule has 1 amide bonds. The van der Waals surface area contributed by atoms with Gasteiger partial charge in [0, 0.05) is 25.9 Å². The topological polar surface area (TPSA) is 119 Å². The normalized spacial score (nSPS) is 12.7. The van der Waals surface area contributed by atoms with Crippen molar-refractivity contribution >= 4 is 54.3 Å². The van der Waals surface area contributed by atoms with Gasteiger partial charge in [-0.25, -0.2) is 23.4 Å². The summed E-state index contributed by atoms with van der Waals surface area (Å²) in [6.45, 7) is 1.86. The van der Waals surface area contributed by atoms with Crippen LogP contribution in [0.4, 0.5) is 5.82 Å². The van der Waals surface area contributed by atoms with Gasteiger partial charge in [-0.2, -0.15) is 0 Å². The summed E-state index contributed by atoms with van der Waals surface area (Å²) in [4.78, 5) is 27.8. The molecule has 2 aromatic carbocycles. The molecule has 1 atom stereocenters. The minimum absolute atomic E-state index is 0.00726. The number of sulfone groups is 1. The van der Waals surface area contributed by atoms with Crippen LogP contribution in [0.3, 0.4) is 0 Å². The number of thiazole rings is 1. The monoisotopic (exact) mass is 520 g/mol. The fourth-order valence-corrected chi connectivity index (χ4v) is 5.98. The molecule has 9 nitrogen and oxygen atoms in total. The number of nitrogens with one attached hydrogen (secondary N) is 2. The summed E-state index contributed by atoms with van der Waals surface area (Å²) in [6, 6.07) is 13.6. The van der Waals surface area contributed by atoms with Crippen LogP contribution >= 0.6 is 11.3 Å². The fourth-order valence-electron chi connectivity index (χ4n) is 4.15. The Morgan fingerprint density at radius 3 is 2.61 bits per heavy atom. The zero-order valence-corrected chi connectivity index (χ0v) is 21.7. The van der Waals surface area contributed by atoms with E-state index in [0.29, 0.717) is 5.82 Å². The third kappa shape index (κ3) is 4.20. The van der Waals surface area contributed by atoms with Crippen LogP contribution in [0.15, 0.2) is 59.8 Å². The van der Waals surface area contributed by atoms with Gasteiger partial charge in [-0.05, 0) is 30.7 Å². The smallest absolute Gasteiger partial charge is 0.253 e. The quantitative estimate of drug-likeness (QED) is 0.345. The third-order valence-electron chi connectivity index (χ3n) is 5.96. The van der Waals surface area contributed by atoms with Crippen LogP contribution in [0.5, 0.6) is 0 Å². The van der Waals surface area contributed by atoms with E-state index in [1.165, 1.54) is 23.5 Å². The van der Waals surface area contributed by atoms with Gasteiger partial charge in [-0.1, -0.05) is 41.7 Å². The molecule has 0 aliphatic rings. The van der Waals surface area contributed by atoms with Crippen LogP contribution < -0.4 is 10.6 Å². The number of nitrogens with zero attached hydrogens (tertiary/aromatic N) is 4. The van der Waals surface area contributed by atoms with E-state index in [1.54, 1.807) is 18.5 Å². The van der Waals surface area contributed by atoms with Gasteiger partial charge < -0.3 is 15.2 Å². The second-order valence-corrected chi connectivity index (χ2v) is 11.5. The summed E-state index contributed by atoms with van der Waals surface area (Å²) in [7, 11) is 0.209. The van der Waals surface area contributed by atoms with Gasteiger partial charge in [0.25, 0.3) is 5.91 Å². The first-order chi connectivity index (χ1) is 17.2. The van der Waals surface area contributed by atoms with Crippen LogP contribution in [0, 0.1) is 0 Å². The summed E-state index contributed by atoms with van der Waals surface area (Å²) in [5.41, 5.74) is 4.35. The zero-order chi connectivity index (χ0) is 25.6. The Morgan fingerprint density at radius 2 is 1.86 bits per heavy atom. The molecule has 5 rings (SSSR count). The third-order valence-corrected chi connectivity index (χ3v) is 8.11. The highest BCUT2D eigenvalue weighted by Crippen LogP contribution is 2.35. The predicted octanol–water partition coefficient (Wildman–Crippen LogP) is 4.18. The number of pyridine rings is 1. The fraction of sp³-hybridized carbons (Fsp3) is 0.200. The van der Waals surface area contributed by atoms with E-state index in [2.05, 4.69) is 15.6 Å². The Balaban J connectivity index is 1.48. The first kappa shape index (κ1) is 23.9. The van der Waals surface area contributed by atoms with E-state index in [0.717, 1.165) is 43.8 Å². The molecular weight excluding hydrogens is 496 g/mol. The van der Waals surface area contributed by atoms with Crippen molar-refractivity contribution in [3.63, 3.8) is 0 Å². The number of aromatic nitrogens is 4. The highest BCUT2D eigenvalue weighted by Gasteiger charge is 2.21. The number of carbonyl (C=O) groups excluding carboxylic acids is 1. The molecule has 0 aliphatic carbocycles. The Bertz CT molecular complexity index is 1740. The predicted molar refractivity (Wildman–Crippen MR) is 142 cm³/mol. The van der Waals surface area contributed by atoms with Crippen molar-refractivity contribution < 1.29 is 13.2 Å². The number of hydrogen-bond acceptors (Lipinski definition) is 8. The van der Waals surface area contributed by atoms with Crippen LogP contribution in [0.2, 0.25) is 0 Å². The lowest BCUT2D eigenvalue weighted by Crippen LogP contribution is -2.28. The van der Waals surface area contributed by atoms with Crippen LogP contribution in [-0.4, -0.2) is 47.1 Å². The molecular formula is C25H24N6O3S2. The van der Waals surface area contributed by atoms with Gasteiger partial charge in [-0.15, -0.1) is 0 Å². The molecule has 0 bridgehead atoms. The van der Waals surface area contributed by atoms with Gasteiger partial charge in [0.05, 0.1) is 22.8 Å². The molecule has 36 heavy (non-hydrogen) atoms. The Labute approximate surface area is 212 Å². The highest BCUT2D eigenvalue weighted by atomic mass is 32.2. The van der Waals surface area contributed by atoms with Gasteiger partial charge in [-0.3, -0.25) is 4.79 Å². The molecule has 0 unspecified atom stereocenters. The number of rotatable bonds is 6. The van der Waals surface area contributed by atoms with Gasteiger partial charge >= 0.3 is 0 Å². The van der Waals surface area contributed by atoms with Gasteiger partial charge in [0.15, 0.2) is 15.7 Å². The molecule has 5 aromatic rings. The Hall–Kier alpha value is -3.83. The maximum Gasteiger partial charge on any atom is 0.253 e. The van der Waals surface area contributed by atoms with E-state index in [9.17, 15) is 13.2 Å². The van der Waals surface area contributed by atoms with E-state index in [1.807, 2.05) is 49.9 Å². The molecule has 184 valence electrons. The lowest BCUT2D eigenvalue weighted by atomic mass is 10.0. The van der Waals surface area contributed by atoms with Crippen molar-refractivity contribution in [2.75, 3.05) is 18.6 Å². The van der Waals surface area contributed by atoms with E-state index >= 15 is 0 Å². The van der Waals surface area contributed by atoms with E-state index < -0.39 is 15.7 Å². The lowest BCUT2D eigenvalue weighted by molar-refractivity contribution is 0.0936. The summed E-state index contributed by atoms with van der Waals surface area (Å²) < 4.78 is 26.2. The van der Waals surface area contributed by atoms with Crippen molar-refractivity contribution in [3.8, 4) is 10.6 Å². The zero-order valence-electron chi connectivity index (χ0n) is 20.1.